The van der Waals surface area contributed by atoms with Gasteiger partial charge in [0.2, 0.25) is 0 Å². The summed E-state index contributed by atoms with van der Waals surface area (Å²) in [6.45, 7) is 2.11. The van der Waals surface area contributed by atoms with E-state index in [4.69, 9.17) is 9.84 Å². The highest BCUT2D eigenvalue weighted by Gasteiger charge is 2.16. The molecule has 5 heteroatoms. The summed E-state index contributed by atoms with van der Waals surface area (Å²) in [7, 11) is 0. The molecule has 0 unspecified atom stereocenters. The SMILES string of the molecule is O=C(O)C1=CCNC(NC[C@@H]2CCCO2)=C1. The molecule has 5 nitrogen and oxygen atoms in total. The molecule has 0 spiro atoms. The largest absolute Gasteiger partial charge is 0.478 e. The minimum Gasteiger partial charge on any atom is -0.478 e. The van der Waals surface area contributed by atoms with Gasteiger partial charge in [0.15, 0.2) is 0 Å². The van der Waals surface area contributed by atoms with Gasteiger partial charge in [-0.3, -0.25) is 0 Å². The van der Waals surface area contributed by atoms with E-state index in [9.17, 15) is 4.79 Å². The molecule has 1 atom stereocenters. The molecule has 0 aromatic rings. The van der Waals surface area contributed by atoms with Crippen molar-refractivity contribution in [3.63, 3.8) is 0 Å². The van der Waals surface area contributed by atoms with Gasteiger partial charge in [-0.25, -0.2) is 4.79 Å². The van der Waals surface area contributed by atoms with Crippen molar-refractivity contribution in [2.24, 2.45) is 0 Å². The average Bonchev–Trinajstić information content (AvgIpc) is 2.79. The Morgan fingerprint density at radius 2 is 2.56 bits per heavy atom. The maximum atomic E-state index is 10.8. The molecule has 0 aromatic carbocycles. The molecule has 2 aliphatic rings. The molecule has 2 aliphatic heterocycles. The van der Waals surface area contributed by atoms with Gasteiger partial charge in [-0.15, -0.1) is 0 Å². The third kappa shape index (κ3) is 2.76. The fourth-order valence-corrected chi connectivity index (χ4v) is 1.83. The van der Waals surface area contributed by atoms with Crippen molar-refractivity contribution >= 4 is 5.97 Å². The third-order valence-corrected chi connectivity index (χ3v) is 2.71. The van der Waals surface area contributed by atoms with Gasteiger partial charge in [0.1, 0.15) is 0 Å². The van der Waals surface area contributed by atoms with Crippen LogP contribution in [0.3, 0.4) is 0 Å². The smallest absolute Gasteiger partial charge is 0.335 e. The molecular formula is C11H16N2O3. The fourth-order valence-electron chi connectivity index (χ4n) is 1.83. The molecule has 0 aliphatic carbocycles. The molecule has 0 aromatic heterocycles. The monoisotopic (exact) mass is 224 g/mol. The minimum absolute atomic E-state index is 0.252. The van der Waals surface area contributed by atoms with E-state index in [1.165, 1.54) is 0 Å². The lowest BCUT2D eigenvalue weighted by molar-refractivity contribution is -0.132. The van der Waals surface area contributed by atoms with Gasteiger partial charge in [-0.2, -0.15) is 0 Å². The molecule has 0 radical (unpaired) electrons. The van der Waals surface area contributed by atoms with Crippen LogP contribution in [0.5, 0.6) is 0 Å². The number of ether oxygens (including phenoxy) is 1. The zero-order valence-corrected chi connectivity index (χ0v) is 9.03. The Labute approximate surface area is 94.2 Å². The van der Waals surface area contributed by atoms with E-state index >= 15 is 0 Å². The maximum Gasteiger partial charge on any atom is 0.335 e. The second kappa shape index (κ2) is 5.03. The van der Waals surface area contributed by atoms with Gasteiger partial charge in [0.25, 0.3) is 0 Å². The predicted molar refractivity (Wildman–Crippen MR) is 58.8 cm³/mol. The van der Waals surface area contributed by atoms with Crippen LogP contribution >= 0.6 is 0 Å². The summed E-state index contributed by atoms with van der Waals surface area (Å²) >= 11 is 0. The van der Waals surface area contributed by atoms with Crippen molar-refractivity contribution in [1.29, 1.82) is 0 Å². The molecular weight excluding hydrogens is 208 g/mol. The van der Waals surface area contributed by atoms with Crippen LogP contribution in [0.25, 0.3) is 0 Å². The fraction of sp³-hybridized carbons (Fsp3) is 0.545. The summed E-state index contributed by atoms with van der Waals surface area (Å²) < 4.78 is 5.47. The number of nitrogens with one attached hydrogen (secondary N) is 2. The number of carbonyl (C=O) groups is 1. The first-order chi connectivity index (χ1) is 7.75. The number of dihydropyridines is 1. The van der Waals surface area contributed by atoms with Crippen molar-refractivity contribution < 1.29 is 14.6 Å². The summed E-state index contributed by atoms with van der Waals surface area (Å²) in [5, 5.41) is 15.1. The van der Waals surface area contributed by atoms with Crippen molar-refractivity contribution in [2.45, 2.75) is 18.9 Å². The van der Waals surface area contributed by atoms with Crippen LogP contribution in [0.15, 0.2) is 23.5 Å². The summed E-state index contributed by atoms with van der Waals surface area (Å²) in [4.78, 5) is 10.8. The quantitative estimate of drug-likeness (QED) is 0.637. The Morgan fingerprint density at radius 1 is 1.69 bits per heavy atom. The molecule has 0 saturated carbocycles. The molecule has 0 bridgehead atoms. The highest BCUT2D eigenvalue weighted by Crippen LogP contribution is 2.11. The van der Waals surface area contributed by atoms with Crippen molar-refractivity contribution in [1.82, 2.24) is 10.6 Å². The van der Waals surface area contributed by atoms with Gasteiger partial charge in [0, 0.05) is 19.7 Å². The number of rotatable bonds is 4. The van der Waals surface area contributed by atoms with E-state index in [1.807, 2.05) is 0 Å². The first-order valence-corrected chi connectivity index (χ1v) is 5.50. The van der Waals surface area contributed by atoms with Crippen molar-refractivity contribution in [2.75, 3.05) is 19.7 Å². The number of carboxylic acid groups (broad SMARTS) is 1. The Hall–Kier alpha value is -1.49. The summed E-state index contributed by atoms with van der Waals surface area (Å²) in [5.74, 6) is -0.131. The molecule has 16 heavy (non-hydrogen) atoms. The van der Waals surface area contributed by atoms with Gasteiger partial charge in [-0.1, -0.05) is 6.08 Å². The van der Waals surface area contributed by atoms with Crippen LogP contribution in [-0.2, 0) is 9.53 Å². The summed E-state index contributed by atoms with van der Waals surface area (Å²) in [6, 6.07) is 0. The van der Waals surface area contributed by atoms with Crippen LogP contribution in [0.1, 0.15) is 12.8 Å². The molecule has 2 heterocycles. The molecule has 0 amide bonds. The Kier molecular flexibility index (Phi) is 3.46. The number of hydrogen-bond acceptors (Lipinski definition) is 4. The first-order valence-electron chi connectivity index (χ1n) is 5.50. The van der Waals surface area contributed by atoms with E-state index < -0.39 is 5.97 Å². The minimum atomic E-state index is -0.891. The standard InChI is InChI=1S/C11H16N2O3/c14-11(15)8-3-4-12-10(6-8)13-7-9-2-1-5-16-9/h3,6,9,12-13H,1-2,4-5,7H2,(H,14,15)/t9-/m0/s1. The van der Waals surface area contributed by atoms with E-state index in [-0.39, 0.29) is 6.10 Å². The lowest BCUT2D eigenvalue weighted by Gasteiger charge is -2.18. The number of hydrogen-bond donors (Lipinski definition) is 3. The second-order valence-electron chi connectivity index (χ2n) is 3.92. The van der Waals surface area contributed by atoms with Crippen LogP contribution in [0.4, 0.5) is 0 Å². The molecule has 1 saturated heterocycles. The lowest BCUT2D eigenvalue weighted by Crippen LogP contribution is -2.34. The predicted octanol–water partition coefficient (Wildman–Crippen LogP) is 0.211. The van der Waals surface area contributed by atoms with Crippen molar-refractivity contribution in [3.8, 4) is 0 Å². The first kappa shape index (κ1) is 11.0. The van der Waals surface area contributed by atoms with Gasteiger partial charge < -0.3 is 20.5 Å². The summed E-state index contributed by atoms with van der Waals surface area (Å²) in [6.07, 6.45) is 5.70. The van der Waals surface area contributed by atoms with Gasteiger partial charge in [0.05, 0.1) is 17.5 Å². The highest BCUT2D eigenvalue weighted by atomic mass is 16.5. The van der Waals surface area contributed by atoms with Gasteiger partial charge in [-0.05, 0) is 18.9 Å². The van der Waals surface area contributed by atoms with Crippen LogP contribution in [-0.4, -0.2) is 36.9 Å². The molecule has 3 N–H and O–H groups in total. The van der Waals surface area contributed by atoms with E-state index in [0.29, 0.717) is 12.1 Å². The summed E-state index contributed by atoms with van der Waals surface area (Å²) in [5.41, 5.74) is 0.327. The maximum absolute atomic E-state index is 10.8. The Bertz CT molecular complexity index is 330. The second-order valence-corrected chi connectivity index (χ2v) is 3.92. The molecule has 1 fully saturated rings. The average molecular weight is 224 g/mol. The zero-order chi connectivity index (χ0) is 11.4. The third-order valence-electron chi connectivity index (χ3n) is 2.71. The van der Waals surface area contributed by atoms with E-state index in [2.05, 4.69) is 10.6 Å². The normalized spacial score (nSPS) is 24.4. The van der Waals surface area contributed by atoms with Gasteiger partial charge >= 0.3 is 5.97 Å². The Morgan fingerprint density at radius 3 is 3.25 bits per heavy atom. The van der Waals surface area contributed by atoms with Crippen molar-refractivity contribution in [3.05, 3.63) is 23.5 Å². The zero-order valence-electron chi connectivity index (χ0n) is 9.03. The molecule has 2 rings (SSSR count). The number of carboxylic acids is 1. The van der Waals surface area contributed by atoms with Crippen LogP contribution in [0, 0.1) is 0 Å². The molecule has 88 valence electrons. The Balaban J connectivity index is 1.84. The number of aliphatic carboxylic acids is 1. The van der Waals surface area contributed by atoms with Crippen LogP contribution < -0.4 is 10.6 Å². The highest BCUT2D eigenvalue weighted by molar-refractivity contribution is 5.90. The van der Waals surface area contributed by atoms with E-state index in [0.717, 1.165) is 31.8 Å². The topological polar surface area (TPSA) is 70.6 Å². The van der Waals surface area contributed by atoms with Crippen LogP contribution in [0.2, 0.25) is 0 Å². The van der Waals surface area contributed by atoms with E-state index in [1.54, 1.807) is 12.2 Å². The lowest BCUT2D eigenvalue weighted by atomic mass is 10.2.